The Bertz CT molecular complexity index is 712. The molecule has 0 atom stereocenters. The van der Waals surface area contributed by atoms with E-state index >= 15 is 0 Å². The molecule has 0 radical (unpaired) electrons. The molecule has 0 aliphatic carbocycles. The molecule has 0 saturated heterocycles. The number of benzene rings is 2. The number of aromatic nitrogens is 2. The Kier molecular flexibility index (Phi) is 3.42. The molecule has 0 N–H and O–H groups in total. The average Bonchev–Trinajstić information content (AvgIpc) is 2.93. The minimum absolute atomic E-state index is 0.557. The lowest BCUT2D eigenvalue weighted by Gasteiger charge is -1.97. The summed E-state index contributed by atoms with van der Waals surface area (Å²) in [6.45, 7) is 1.79. The Labute approximate surface area is 117 Å². The van der Waals surface area contributed by atoms with Crippen LogP contribution in [-0.2, 0) is 0 Å². The van der Waals surface area contributed by atoms with Crippen molar-refractivity contribution in [1.29, 1.82) is 0 Å². The van der Waals surface area contributed by atoms with Gasteiger partial charge in [0.25, 0.3) is 0 Å². The second kappa shape index (κ2) is 5.53. The third kappa shape index (κ3) is 2.83. The number of rotatable bonds is 3. The second-order valence-electron chi connectivity index (χ2n) is 4.49. The van der Waals surface area contributed by atoms with Crippen LogP contribution in [0.3, 0.4) is 0 Å². The van der Waals surface area contributed by atoms with Crippen molar-refractivity contribution in [1.82, 2.24) is 10.2 Å². The lowest BCUT2D eigenvalue weighted by Crippen LogP contribution is -1.78. The maximum Gasteiger partial charge on any atom is 0.247 e. The van der Waals surface area contributed by atoms with Crippen LogP contribution in [0.1, 0.15) is 17.0 Å². The summed E-state index contributed by atoms with van der Waals surface area (Å²) in [5.41, 5.74) is 3.25. The van der Waals surface area contributed by atoms with E-state index in [1.165, 1.54) is 5.56 Å². The molecular weight excluding hydrogens is 248 g/mol. The van der Waals surface area contributed by atoms with E-state index in [4.69, 9.17) is 4.42 Å². The van der Waals surface area contributed by atoms with Crippen LogP contribution in [0.25, 0.3) is 23.6 Å². The summed E-state index contributed by atoms with van der Waals surface area (Å²) < 4.78 is 5.40. The van der Waals surface area contributed by atoms with Gasteiger partial charge in [0.15, 0.2) is 0 Å². The van der Waals surface area contributed by atoms with Crippen molar-refractivity contribution < 1.29 is 4.42 Å². The van der Waals surface area contributed by atoms with Gasteiger partial charge in [-0.15, -0.1) is 10.2 Å². The fourth-order valence-electron chi connectivity index (χ4n) is 1.91. The summed E-state index contributed by atoms with van der Waals surface area (Å²) in [7, 11) is 0. The summed E-state index contributed by atoms with van der Waals surface area (Å²) in [4.78, 5) is 0. The lowest BCUT2D eigenvalue weighted by molar-refractivity contribution is 0.533. The van der Waals surface area contributed by atoms with E-state index in [1.54, 1.807) is 6.92 Å². The van der Waals surface area contributed by atoms with Crippen molar-refractivity contribution in [2.45, 2.75) is 6.92 Å². The molecule has 0 aliphatic heterocycles. The maximum absolute atomic E-state index is 5.40. The van der Waals surface area contributed by atoms with Crippen LogP contribution in [-0.4, -0.2) is 10.2 Å². The van der Waals surface area contributed by atoms with Crippen LogP contribution in [0, 0.1) is 6.92 Å². The van der Waals surface area contributed by atoms with Crippen LogP contribution < -0.4 is 0 Å². The Morgan fingerprint density at radius 2 is 1.45 bits per heavy atom. The van der Waals surface area contributed by atoms with Gasteiger partial charge >= 0.3 is 0 Å². The van der Waals surface area contributed by atoms with Crippen molar-refractivity contribution in [3.05, 3.63) is 71.6 Å². The maximum atomic E-state index is 5.40. The van der Waals surface area contributed by atoms with Crippen molar-refractivity contribution in [2.24, 2.45) is 0 Å². The van der Waals surface area contributed by atoms with Crippen LogP contribution in [0.2, 0.25) is 0 Å². The van der Waals surface area contributed by atoms with Crippen LogP contribution in [0.15, 0.2) is 59.0 Å². The van der Waals surface area contributed by atoms with E-state index in [1.807, 2.05) is 42.5 Å². The fourth-order valence-corrected chi connectivity index (χ4v) is 1.91. The van der Waals surface area contributed by atoms with E-state index < -0.39 is 0 Å². The highest BCUT2D eigenvalue weighted by atomic mass is 16.4. The predicted octanol–water partition coefficient (Wildman–Crippen LogP) is 4.22. The summed E-state index contributed by atoms with van der Waals surface area (Å²) in [6.07, 6.45) is 4.17. The summed E-state index contributed by atoms with van der Waals surface area (Å²) in [5, 5.41) is 7.84. The van der Waals surface area contributed by atoms with Gasteiger partial charge in [-0.2, -0.15) is 0 Å². The van der Waals surface area contributed by atoms with Crippen LogP contribution in [0.4, 0.5) is 0 Å². The molecule has 0 aliphatic rings. The molecule has 3 aromatic rings. The molecule has 0 fully saturated rings. The molecule has 20 heavy (non-hydrogen) atoms. The molecule has 0 unspecified atom stereocenters. The molecule has 3 heteroatoms. The molecule has 1 heterocycles. The minimum atomic E-state index is 0.557. The SMILES string of the molecule is Cc1nnc(-c2ccc(C=Cc3ccccc3)cc2)o1. The highest BCUT2D eigenvalue weighted by molar-refractivity contribution is 5.70. The Hall–Kier alpha value is -2.68. The van der Waals surface area contributed by atoms with E-state index in [-0.39, 0.29) is 0 Å². The second-order valence-corrected chi connectivity index (χ2v) is 4.49. The average molecular weight is 262 g/mol. The zero-order chi connectivity index (χ0) is 13.8. The lowest BCUT2D eigenvalue weighted by atomic mass is 10.1. The van der Waals surface area contributed by atoms with Gasteiger partial charge in [0.2, 0.25) is 11.8 Å². The standard InChI is InChI=1S/C17H14N2O/c1-13-18-19-17(20-13)16-11-9-15(10-12-16)8-7-14-5-3-2-4-6-14/h2-12H,1H3. The summed E-state index contributed by atoms with van der Waals surface area (Å²) in [6, 6.07) is 18.3. The van der Waals surface area contributed by atoms with Gasteiger partial charge < -0.3 is 4.42 Å². The zero-order valence-electron chi connectivity index (χ0n) is 11.2. The highest BCUT2D eigenvalue weighted by Gasteiger charge is 2.04. The fraction of sp³-hybridized carbons (Fsp3) is 0.0588. The number of nitrogens with zero attached hydrogens (tertiary/aromatic N) is 2. The topological polar surface area (TPSA) is 38.9 Å². The van der Waals surface area contributed by atoms with Gasteiger partial charge in [-0.1, -0.05) is 54.6 Å². The molecule has 98 valence electrons. The van der Waals surface area contributed by atoms with Crippen LogP contribution >= 0.6 is 0 Å². The molecule has 0 amide bonds. The van der Waals surface area contributed by atoms with E-state index in [0.717, 1.165) is 11.1 Å². The normalized spacial score (nSPS) is 11.1. The molecule has 2 aromatic carbocycles. The van der Waals surface area contributed by atoms with E-state index in [9.17, 15) is 0 Å². The molecular formula is C17H14N2O. The highest BCUT2D eigenvalue weighted by Crippen LogP contribution is 2.19. The third-order valence-electron chi connectivity index (χ3n) is 2.95. The molecule has 3 rings (SSSR count). The van der Waals surface area contributed by atoms with Gasteiger partial charge in [0, 0.05) is 12.5 Å². The first-order valence-electron chi connectivity index (χ1n) is 6.45. The van der Waals surface area contributed by atoms with Gasteiger partial charge in [0.05, 0.1) is 0 Å². The minimum Gasteiger partial charge on any atom is -0.421 e. The monoisotopic (exact) mass is 262 g/mol. The van der Waals surface area contributed by atoms with Crippen molar-refractivity contribution in [3.63, 3.8) is 0 Å². The first-order chi connectivity index (χ1) is 9.81. The quantitative estimate of drug-likeness (QED) is 0.663. The predicted molar refractivity (Wildman–Crippen MR) is 79.8 cm³/mol. The third-order valence-corrected chi connectivity index (χ3v) is 2.95. The summed E-state index contributed by atoms with van der Waals surface area (Å²) in [5.74, 6) is 1.13. The van der Waals surface area contributed by atoms with Gasteiger partial charge in [-0.05, 0) is 23.3 Å². The molecule has 0 bridgehead atoms. The van der Waals surface area contributed by atoms with E-state index in [0.29, 0.717) is 11.8 Å². The number of hydrogen-bond donors (Lipinski definition) is 0. The van der Waals surface area contributed by atoms with Gasteiger partial charge in [0.1, 0.15) is 0 Å². The first-order valence-corrected chi connectivity index (χ1v) is 6.45. The van der Waals surface area contributed by atoms with Crippen molar-refractivity contribution in [2.75, 3.05) is 0 Å². The molecule has 0 spiro atoms. The van der Waals surface area contributed by atoms with Crippen molar-refractivity contribution in [3.8, 4) is 11.5 Å². The van der Waals surface area contributed by atoms with Gasteiger partial charge in [-0.25, -0.2) is 0 Å². The first kappa shape index (κ1) is 12.4. The number of aryl methyl sites for hydroxylation is 1. The van der Waals surface area contributed by atoms with Crippen LogP contribution in [0.5, 0.6) is 0 Å². The number of hydrogen-bond acceptors (Lipinski definition) is 3. The molecule has 3 nitrogen and oxygen atoms in total. The zero-order valence-corrected chi connectivity index (χ0v) is 11.2. The largest absolute Gasteiger partial charge is 0.421 e. The molecule has 1 aromatic heterocycles. The smallest absolute Gasteiger partial charge is 0.247 e. The molecule has 0 saturated carbocycles. The van der Waals surface area contributed by atoms with E-state index in [2.05, 4.69) is 34.5 Å². The Morgan fingerprint density at radius 3 is 2.05 bits per heavy atom. The van der Waals surface area contributed by atoms with Crippen molar-refractivity contribution >= 4 is 12.2 Å². The summed E-state index contributed by atoms with van der Waals surface area (Å²) >= 11 is 0. The Morgan fingerprint density at radius 1 is 0.800 bits per heavy atom. The Balaban J connectivity index is 1.78. The van der Waals surface area contributed by atoms with Gasteiger partial charge in [-0.3, -0.25) is 0 Å².